The van der Waals surface area contributed by atoms with Gasteiger partial charge in [-0.2, -0.15) is 15.1 Å². The number of nitrogens with zero attached hydrogens (tertiary/aromatic N) is 5. The Bertz CT molecular complexity index is 1720. The maximum absolute atomic E-state index is 14.1. The summed E-state index contributed by atoms with van der Waals surface area (Å²) in [6.07, 6.45) is -1.01. The third-order valence-corrected chi connectivity index (χ3v) is 9.62. The van der Waals surface area contributed by atoms with Crippen LogP contribution in [0.1, 0.15) is 40.8 Å². The third-order valence-electron chi connectivity index (χ3n) is 6.72. The number of ether oxygens (including phenoxy) is 2. The molecule has 1 saturated heterocycles. The number of carbonyl (C=O) groups excluding carboxylic acids is 1. The minimum Gasteiger partial charge on any atom is -0.462 e. The number of aliphatic hydroxyl groups is 1. The molecule has 3 heterocycles. The summed E-state index contributed by atoms with van der Waals surface area (Å²) in [4.78, 5) is 27.8. The van der Waals surface area contributed by atoms with Gasteiger partial charge >= 0.3 is 13.7 Å². The van der Waals surface area contributed by atoms with Gasteiger partial charge in [0, 0.05) is 17.4 Å². The third kappa shape index (κ3) is 8.51. The summed E-state index contributed by atoms with van der Waals surface area (Å²) in [7, 11) is -6.52. The van der Waals surface area contributed by atoms with Gasteiger partial charge in [0.25, 0.3) is 0 Å². The number of imidazole rings is 1. The fourth-order valence-electron chi connectivity index (χ4n) is 4.61. The van der Waals surface area contributed by atoms with Crippen LogP contribution in [0.5, 0.6) is 5.75 Å². The van der Waals surface area contributed by atoms with Gasteiger partial charge in [0.1, 0.15) is 23.6 Å². The van der Waals surface area contributed by atoms with Crippen LogP contribution in [0.25, 0.3) is 11.2 Å². The van der Waals surface area contributed by atoms with Gasteiger partial charge in [0.2, 0.25) is 16.0 Å². The number of aromatic nitrogens is 4. The van der Waals surface area contributed by atoms with Crippen molar-refractivity contribution in [1.29, 1.82) is 0 Å². The molecule has 46 heavy (non-hydrogen) atoms. The number of aliphatic hydroxyl groups excluding tert-OH is 1. The number of benzene rings is 1. The zero-order valence-corrected chi connectivity index (χ0v) is 29.5. The second-order valence-electron chi connectivity index (χ2n) is 11.6. The molecule has 5 N–H and O–H groups in total. The SMILES string of the molecule is CC(C)OC(=O)C(C)(C)NP(=O)(OCC1OC(n2cnc3c(N(C)NS(C)(=O)=O)nc(N)nc32)[C@@H](C)[C@@H]1O)Oc1ccc(Br)cc1. The van der Waals surface area contributed by atoms with Gasteiger partial charge in [-0.3, -0.25) is 18.9 Å². The first-order valence-corrected chi connectivity index (χ1v) is 18.3. The monoisotopic (exact) mass is 748 g/mol. The van der Waals surface area contributed by atoms with Crippen molar-refractivity contribution in [2.45, 2.75) is 64.7 Å². The molecular formula is C26H38BrN8O9PS. The minimum absolute atomic E-state index is 0.0912. The molecule has 1 aliphatic rings. The number of hydrazine groups is 1. The van der Waals surface area contributed by atoms with Crippen LogP contribution in [0.2, 0.25) is 0 Å². The molecular weight excluding hydrogens is 711 g/mol. The van der Waals surface area contributed by atoms with E-state index in [9.17, 15) is 22.9 Å². The van der Waals surface area contributed by atoms with Crippen LogP contribution in [0.4, 0.5) is 11.8 Å². The molecule has 4 rings (SSSR count). The molecule has 20 heteroatoms. The molecule has 17 nitrogen and oxygen atoms in total. The highest BCUT2D eigenvalue weighted by molar-refractivity contribution is 9.10. The van der Waals surface area contributed by atoms with Crippen molar-refractivity contribution in [3.05, 3.63) is 35.1 Å². The van der Waals surface area contributed by atoms with Crippen LogP contribution in [0.15, 0.2) is 35.1 Å². The Labute approximate surface area is 274 Å². The average Bonchev–Trinajstić information content (AvgIpc) is 3.46. The summed E-state index contributed by atoms with van der Waals surface area (Å²) in [5, 5.41) is 15.0. The Morgan fingerprint density at radius 2 is 1.93 bits per heavy atom. The Kier molecular flexibility index (Phi) is 10.7. The van der Waals surface area contributed by atoms with E-state index in [-0.39, 0.29) is 28.7 Å². The largest absolute Gasteiger partial charge is 0.462 e. The number of nitrogen functional groups attached to an aromatic ring is 1. The average molecular weight is 750 g/mol. The first kappa shape index (κ1) is 35.9. The lowest BCUT2D eigenvalue weighted by molar-refractivity contribution is -0.153. The number of hydrogen-bond donors (Lipinski definition) is 4. The number of halogens is 1. The molecule has 1 aliphatic heterocycles. The minimum atomic E-state index is -4.31. The highest BCUT2D eigenvalue weighted by Crippen LogP contribution is 2.48. The molecule has 1 fully saturated rings. The standard InChI is InChI=1S/C26H38BrN8O9PS/c1-14(2)42-24(37)26(4,5)32-45(38,44-17-10-8-16(27)9-11-17)41-12-18-20(36)15(3)23(43-18)35-13-29-19-21(30-25(28)31-22(19)35)34(6)33-46(7,39)40/h8-11,13-15,18,20,23,33,36H,12H2,1-7H3,(H,32,38)(H2,28,30,31)/t15-,18?,20-,23?,45?/m0/s1. The van der Waals surface area contributed by atoms with E-state index in [0.29, 0.717) is 0 Å². The van der Waals surface area contributed by atoms with E-state index < -0.39 is 66.3 Å². The lowest BCUT2D eigenvalue weighted by Crippen LogP contribution is -2.48. The normalized spacial score (nSPS) is 21.8. The van der Waals surface area contributed by atoms with Gasteiger partial charge in [-0.05, 0) is 52.0 Å². The summed E-state index contributed by atoms with van der Waals surface area (Å²) < 4.78 is 63.1. The van der Waals surface area contributed by atoms with Crippen molar-refractivity contribution in [1.82, 2.24) is 29.4 Å². The van der Waals surface area contributed by atoms with Crippen molar-refractivity contribution in [2.24, 2.45) is 5.92 Å². The molecule has 3 aromatic rings. The van der Waals surface area contributed by atoms with Crippen molar-refractivity contribution >= 4 is 62.6 Å². The number of sulfonamides is 1. The second-order valence-corrected chi connectivity index (χ2v) is 15.9. The van der Waals surface area contributed by atoms with Crippen molar-refractivity contribution in [2.75, 3.05) is 30.7 Å². The number of rotatable bonds is 13. The molecule has 0 saturated carbocycles. The number of anilines is 2. The smallest absolute Gasteiger partial charge is 0.459 e. The molecule has 0 spiro atoms. The van der Waals surface area contributed by atoms with E-state index in [2.05, 4.69) is 40.8 Å². The van der Waals surface area contributed by atoms with E-state index in [1.165, 1.54) is 31.8 Å². The summed E-state index contributed by atoms with van der Waals surface area (Å²) >= 11 is 3.34. The van der Waals surface area contributed by atoms with Crippen LogP contribution in [-0.4, -0.2) is 82.8 Å². The quantitative estimate of drug-likeness (QED) is 0.112. The van der Waals surface area contributed by atoms with Crippen molar-refractivity contribution in [3.8, 4) is 5.75 Å². The number of nitrogens with two attached hydrogens (primary N) is 1. The van der Waals surface area contributed by atoms with Gasteiger partial charge < -0.3 is 24.8 Å². The molecule has 2 aromatic heterocycles. The zero-order valence-electron chi connectivity index (χ0n) is 26.2. The molecule has 1 aromatic carbocycles. The van der Waals surface area contributed by atoms with Crippen LogP contribution in [0, 0.1) is 5.92 Å². The van der Waals surface area contributed by atoms with Crippen molar-refractivity contribution in [3.63, 3.8) is 0 Å². The summed E-state index contributed by atoms with van der Waals surface area (Å²) in [6, 6.07) is 6.49. The van der Waals surface area contributed by atoms with Crippen LogP contribution >= 0.6 is 23.7 Å². The second kappa shape index (κ2) is 13.7. The van der Waals surface area contributed by atoms with E-state index in [4.69, 9.17) is 24.3 Å². The summed E-state index contributed by atoms with van der Waals surface area (Å²) in [6.45, 7) is 7.65. The van der Waals surface area contributed by atoms with Gasteiger partial charge in [0.15, 0.2) is 17.0 Å². The van der Waals surface area contributed by atoms with Crippen LogP contribution in [-0.2, 0) is 33.4 Å². The Hall–Kier alpha value is -2.90. The highest BCUT2D eigenvalue weighted by atomic mass is 79.9. The van der Waals surface area contributed by atoms with Gasteiger partial charge in [-0.1, -0.05) is 22.9 Å². The molecule has 3 unspecified atom stereocenters. The van der Waals surface area contributed by atoms with Gasteiger partial charge in [-0.25, -0.2) is 18.0 Å². The fraction of sp³-hybridized carbons (Fsp3) is 0.538. The van der Waals surface area contributed by atoms with Crippen molar-refractivity contribution < 1.29 is 41.4 Å². The van der Waals surface area contributed by atoms with E-state index in [1.54, 1.807) is 45.0 Å². The van der Waals surface area contributed by atoms with E-state index >= 15 is 0 Å². The molecule has 0 aliphatic carbocycles. The molecule has 254 valence electrons. The Balaban J connectivity index is 1.58. The first-order valence-electron chi connectivity index (χ1n) is 14.0. The lowest BCUT2D eigenvalue weighted by atomic mass is 10.0. The first-order chi connectivity index (χ1) is 21.3. The molecule has 0 amide bonds. The number of esters is 1. The van der Waals surface area contributed by atoms with Crippen LogP contribution < -0.4 is 25.2 Å². The Morgan fingerprint density at radius 1 is 1.28 bits per heavy atom. The number of fused-ring (bicyclic) bond motifs is 1. The lowest BCUT2D eigenvalue weighted by Gasteiger charge is -2.30. The summed E-state index contributed by atoms with van der Waals surface area (Å²) in [5.41, 5.74) is 4.88. The van der Waals surface area contributed by atoms with Crippen LogP contribution in [0.3, 0.4) is 0 Å². The number of hydrogen-bond acceptors (Lipinski definition) is 14. The van der Waals surface area contributed by atoms with E-state index in [0.717, 1.165) is 15.7 Å². The van der Waals surface area contributed by atoms with Gasteiger partial charge in [-0.15, -0.1) is 4.83 Å². The highest BCUT2D eigenvalue weighted by Gasteiger charge is 2.46. The number of carbonyl (C=O) groups is 1. The fourth-order valence-corrected chi connectivity index (χ4v) is 7.14. The predicted molar refractivity (Wildman–Crippen MR) is 172 cm³/mol. The topological polar surface area (TPSA) is 222 Å². The molecule has 0 radical (unpaired) electrons. The maximum Gasteiger partial charge on any atom is 0.459 e. The maximum atomic E-state index is 14.1. The van der Waals surface area contributed by atoms with Gasteiger partial charge in [0.05, 0.1) is 31.4 Å². The molecule has 5 atom stereocenters. The number of nitrogens with one attached hydrogen (secondary N) is 2. The van der Waals surface area contributed by atoms with E-state index in [1.807, 2.05) is 0 Å². The Morgan fingerprint density at radius 3 is 2.54 bits per heavy atom. The predicted octanol–water partition coefficient (Wildman–Crippen LogP) is 2.49. The molecule has 0 bridgehead atoms. The summed E-state index contributed by atoms with van der Waals surface area (Å²) in [5.74, 6) is -1.11. The zero-order chi connectivity index (χ0) is 34.2.